The lowest BCUT2D eigenvalue weighted by Gasteiger charge is -2.17. The maximum Gasteiger partial charge on any atom is 0.227 e. The highest BCUT2D eigenvalue weighted by Gasteiger charge is 2.34. The van der Waals surface area contributed by atoms with E-state index in [1.54, 1.807) is 17.0 Å². The zero-order valence-corrected chi connectivity index (χ0v) is 16.8. The molecule has 1 fully saturated rings. The van der Waals surface area contributed by atoms with E-state index < -0.39 is 0 Å². The molecule has 5 heteroatoms. The van der Waals surface area contributed by atoms with Gasteiger partial charge in [-0.15, -0.1) is 0 Å². The summed E-state index contributed by atoms with van der Waals surface area (Å²) in [7, 11) is 0. The molecule has 1 aliphatic rings. The number of imidazole rings is 1. The number of amides is 1. The van der Waals surface area contributed by atoms with E-state index in [1.165, 1.54) is 23.3 Å². The van der Waals surface area contributed by atoms with E-state index >= 15 is 0 Å². The van der Waals surface area contributed by atoms with Crippen LogP contribution >= 0.6 is 0 Å². The summed E-state index contributed by atoms with van der Waals surface area (Å²) in [6.07, 6.45) is 0.397. The van der Waals surface area contributed by atoms with Crippen molar-refractivity contribution in [2.24, 2.45) is 0 Å². The van der Waals surface area contributed by atoms with Gasteiger partial charge < -0.3 is 9.47 Å². The van der Waals surface area contributed by atoms with Gasteiger partial charge in [0.1, 0.15) is 11.6 Å². The first-order chi connectivity index (χ1) is 14.6. The van der Waals surface area contributed by atoms with E-state index in [0.29, 0.717) is 19.5 Å². The number of carbonyl (C=O) groups is 1. The Morgan fingerprint density at radius 3 is 2.50 bits per heavy atom. The van der Waals surface area contributed by atoms with E-state index in [2.05, 4.69) is 41.8 Å². The maximum atomic E-state index is 13.3. The van der Waals surface area contributed by atoms with Crippen LogP contribution in [-0.4, -0.2) is 22.0 Å². The van der Waals surface area contributed by atoms with Crippen molar-refractivity contribution in [3.8, 4) is 0 Å². The summed E-state index contributed by atoms with van der Waals surface area (Å²) in [5.41, 5.74) is 5.16. The van der Waals surface area contributed by atoms with Crippen molar-refractivity contribution in [3.05, 3.63) is 95.6 Å². The molecule has 0 radical (unpaired) electrons. The molecule has 2 heterocycles. The van der Waals surface area contributed by atoms with Gasteiger partial charge in [-0.3, -0.25) is 4.79 Å². The lowest BCUT2D eigenvalue weighted by molar-refractivity contribution is -0.117. The molecule has 5 rings (SSSR count). The van der Waals surface area contributed by atoms with Crippen molar-refractivity contribution >= 4 is 22.6 Å². The third-order valence-electron chi connectivity index (χ3n) is 5.77. The number of anilines is 1. The fourth-order valence-electron chi connectivity index (χ4n) is 4.20. The highest BCUT2D eigenvalue weighted by atomic mass is 19.1. The average Bonchev–Trinajstić information content (AvgIpc) is 3.31. The minimum atomic E-state index is -0.304. The second kappa shape index (κ2) is 7.41. The van der Waals surface area contributed by atoms with Crippen molar-refractivity contribution in [1.82, 2.24) is 9.55 Å². The zero-order chi connectivity index (χ0) is 20.7. The van der Waals surface area contributed by atoms with Gasteiger partial charge in [-0.05, 0) is 48.9 Å². The van der Waals surface area contributed by atoms with E-state index in [-0.39, 0.29) is 17.6 Å². The van der Waals surface area contributed by atoms with E-state index in [1.807, 2.05) is 18.2 Å². The largest absolute Gasteiger partial charge is 0.323 e. The molecule has 0 saturated carbocycles. The van der Waals surface area contributed by atoms with E-state index in [9.17, 15) is 9.18 Å². The first-order valence-electron chi connectivity index (χ1n) is 10.1. The number of hydrogen-bond donors (Lipinski definition) is 0. The van der Waals surface area contributed by atoms with Gasteiger partial charge >= 0.3 is 0 Å². The Bertz CT molecular complexity index is 1210. The SMILES string of the molecule is Cc1ccc(Cn2c([C@H]3CC(=O)N(c4ccc(F)cc4)C3)nc3ccccc32)cc1. The highest BCUT2D eigenvalue weighted by Crippen LogP contribution is 2.33. The summed E-state index contributed by atoms with van der Waals surface area (Å²) in [6.45, 7) is 3.33. The number of fused-ring (bicyclic) bond motifs is 1. The van der Waals surface area contributed by atoms with Crippen LogP contribution in [0.2, 0.25) is 0 Å². The number of halogens is 1. The van der Waals surface area contributed by atoms with Crippen molar-refractivity contribution in [1.29, 1.82) is 0 Å². The third-order valence-corrected chi connectivity index (χ3v) is 5.77. The van der Waals surface area contributed by atoms with Crippen LogP contribution in [-0.2, 0) is 11.3 Å². The smallest absolute Gasteiger partial charge is 0.227 e. The molecule has 4 aromatic rings. The molecule has 0 N–H and O–H groups in total. The normalized spacial score (nSPS) is 16.5. The Labute approximate surface area is 174 Å². The number of nitrogens with zero attached hydrogens (tertiary/aromatic N) is 3. The predicted molar refractivity (Wildman–Crippen MR) is 116 cm³/mol. The fraction of sp³-hybridized carbons (Fsp3) is 0.200. The molecule has 4 nitrogen and oxygen atoms in total. The summed E-state index contributed by atoms with van der Waals surface area (Å²) in [4.78, 5) is 19.4. The number of aryl methyl sites for hydroxylation is 1. The van der Waals surface area contributed by atoms with Crippen LogP contribution < -0.4 is 4.90 Å². The molecule has 150 valence electrons. The first-order valence-corrected chi connectivity index (χ1v) is 10.1. The number of para-hydroxylation sites is 2. The van der Waals surface area contributed by atoms with Gasteiger partial charge in [0.15, 0.2) is 0 Å². The Morgan fingerprint density at radius 2 is 1.73 bits per heavy atom. The van der Waals surface area contributed by atoms with Crippen LogP contribution in [0.4, 0.5) is 10.1 Å². The third kappa shape index (κ3) is 3.36. The molecule has 0 spiro atoms. The molecule has 0 unspecified atom stereocenters. The molecule has 1 saturated heterocycles. The van der Waals surface area contributed by atoms with Crippen LogP contribution in [0.5, 0.6) is 0 Å². The Hall–Kier alpha value is -3.47. The Morgan fingerprint density at radius 1 is 1.00 bits per heavy atom. The summed E-state index contributed by atoms with van der Waals surface area (Å²) in [5, 5.41) is 0. The van der Waals surface area contributed by atoms with Crippen molar-refractivity contribution in [2.75, 3.05) is 11.4 Å². The van der Waals surface area contributed by atoms with Crippen LogP contribution in [0.1, 0.15) is 29.3 Å². The van der Waals surface area contributed by atoms with Crippen LogP contribution in [0.15, 0.2) is 72.8 Å². The first kappa shape index (κ1) is 18.6. The molecule has 1 amide bonds. The summed E-state index contributed by atoms with van der Waals surface area (Å²) in [6, 6.07) is 22.7. The Balaban J connectivity index is 1.51. The fourth-order valence-corrected chi connectivity index (χ4v) is 4.20. The molecule has 1 aromatic heterocycles. The molecular formula is C25H22FN3O. The topological polar surface area (TPSA) is 38.1 Å². The summed E-state index contributed by atoms with van der Waals surface area (Å²) in [5.74, 6) is 0.650. The second-order valence-corrected chi connectivity index (χ2v) is 7.91. The van der Waals surface area contributed by atoms with Crippen molar-refractivity contribution < 1.29 is 9.18 Å². The minimum absolute atomic E-state index is 0.0135. The second-order valence-electron chi connectivity index (χ2n) is 7.91. The number of hydrogen-bond acceptors (Lipinski definition) is 2. The van der Waals surface area contributed by atoms with Crippen LogP contribution in [0.25, 0.3) is 11.0 Å². The molecule has 3 aromatic carbocycles. The number of benzene rings is 3. The van der Waals surface area contributed by atoms with Gasteiger partial charge in [0.2, 0.25) is 5.91 Å². The molecule has 30 heavy (non-hydrogen) atoms. The molecule has 1 aliphatic heterocycles. The monoisotopic (exact) mass is 399 g/mol. The zero-order valence-electron chi connectivity index (χ0n) is 16.8. The van der Waals surface area contributed by atoms with Crippen molar-refractivity contribution in [2.45, 2.75) is 25.8 Å². The van der Waals surface area contributed by atoms with Gasteiger partial charge in [-0.2, -0.15) is 0 Å². The quantitative estimate of drug-likeness (QED) is 0.481. The molecular weight excluding hydrogens is 377 g/mol. The maximum absolute atomic E-state index is 13.3. The van der Waals surface area contributed by atoms with Gasteiger partial charge in [0, 0.05) is 31.1 Å². The van der Waals surface area contributed by atoms with Crippen LogP contribution in [0.3, 0.4) is 0 Å². The average molecular weight is 399 g/mol. The highest BCUT2D eigenvalue weighted by molar-refractivity contribution is 5.96. The van der Waals surface area contributed by atoms with Gasteiger partial charge in [-0.1, -0.05) is 42.0 Å². The molecule has 0 bridgehead atoms. The summed E-state index contributed by atoms with van der Waals surface area (Å²) < 4.78 is 15.5. The van der Waals surface area contributed by atoms with E-state index in [4.69, 9.17) is 4.98 Å². The van der Waals surface area contributed by atoms with E-state index in [0.717, 1.165) is 22.5 Å². The standard InChI is InChI=1S/C25H22FN3O/c1-17-6-8-18(9-7-17)15-29-23-5-3-2-4-22(23)27-25(29)19-14-24(30)28(16-19)21-12-10-20(26)11-13-21/h2-13,19H,14-16H2,1H3/t19-/m0/s1. The van der Waals surface area contributed by atoms with Crippen molar-refractivity contribution in [3.63, 3.8) is 0 Å². The van der Waals surface area contributed by atoms with Gasteiger partial charge in [-0.25, -0.2) is 9.37 Å². The lowest BCUT2D eigenvalue weighted by Crippen LogP contribution is -2.24. The number of aromatic nitrogens is 2. The minimum Gasteiger partial charge on any atom is -0.323 e. The predicted octanol–water partition coefficient (Wildman–Crippen LogP) is 5.05. The lowest BCUT2D eigenvalue weighted by atomic mass is 10.1. The molecule has 0 aliphatic carbocycles. The Kier molecular flexibility index (Phi) is 4.58. The summed E-state index contributed by atoms with van der Waals surface area (Å²) >= 11 is 0. The molecule has 1 atom stereocenters. The van der Waals surface area contributed by atoms with Crippen LogP contribution in [0, 0.1) is 12.7 Å². The number of carbonyl (C=O) groups excluding carboxylic acids is 1. The van der Waals surface area contributed by atoms with Gasteiger partial charge in [0.05, 0.1) is 11.0 Å². The van der Waals surface area contributed by atoms with Gasteiger partial charge in [0.25, 0.3) is 0 Å². The number of rotatable bonds is 4.